The van der Waals surface area contributed by atoms with Crippen molar-refractivity contribution in [3.05, 3.63) is 23.8 Å². The highest BCUT2D eigenvalue weighted by Crippen LogP contribution is 2.32. The second-order valence-electron chi connectivity index (χ2n) is 5.11. The molecule has 0 aliphatic carbocycles. The molecule has 1 aromatic rings. The van der Waals surface area contributed by atoms with Crippen molar-refractivity contribution >= 4 is 11.9 Å². The van der Waals surface area contributed by atoms with Crippen molar-refractivity contribution in [1.82, 2.24) is 4.90 Å². The summed E-state index contributed by atoms with van der Waals surface area (Å²) in [5.41, 5.74) is 0.393. The number of likely N-dealkylation sites (tertiary alicyclic amines) is 1. The van der Waals surface area contributed by atoms with E-state index in [0.717, 1.165) is 12.8 Å². The Morgan fingerprint density at radius 2 is 1.82 bits per heavy atom. The van der Waals surface area contributed by atoms with Crippen LogP contribution in [0.25, 0.3) is 0 Å². The minimum absolute atomic E-state index is 0.144. The minimum atomic E-state index is -0.309. The van der Waals surface area contributed by atoms with E-state index in [9.17, 15) is 9.59 Å². The molecule has 0 bridgehead atoms. The van der Waals surface area contributed by atoms with Gasteiger partial charge < -0.3 is 19.1 Å². The van der Waals surface area contributed by atoms with Gasteiger partial charge in [-0.1, -0.05) is 6.07 Å². The smallest absolute Gasteiger partial charge is 0.307 e. The van der Waals surface area contributed by atoms with Crippen molar-refractivity contribution in [3.8, 4) is 11.5 Å². The highest BCUT2D eigenvalue weighted by molar-refractivity contribution is 6.00. The number of nitrogens with zero attached hydrogens (tertiary/aromatic N) is 1. The molecule has 0 radical (unpaired) electrons. The summed E-state index contributed by atoms with van der Waals surface area (Å²) >= 11 is 0. The van der Waals surface area contributed by atoms with Gasteiger partial charge in [-0.3, -0.25) is 9.59 Å². The molecule has 0 N–H and O–H groups in total. The van der Waals surface area contributed by atoms with E-state index in [1.54, 1.807) is 23.1 Å². The standard InChI is InChI=1S/C16H21NO5/c1-20-12-7-4-8-13(21-2)15(12)16(19)17-9-5-6-11(17)10-14(18)22-3/h4,7-8,11H,5-6,9-10H2,1-3H3. The first-order valence-corrected chi connectivity index (χ1v) is 7.21. The molecule has 0 spiro atoms. The van der Waals surface area contributed by atoms with Crippen LogP contribution in [0, 0.1) is 0 Å². The molecular formula is C16H21NO5. The van der Waals surface area contributed by atoms with Crippen molar-refractivity contribution in [2.45, 2.75) is 25.3 Å². The number of amides is 1. The minimum Gasteiger partial charge on any atom is -0.496 e. The molecule has 1 fully saturated rings. The van der Waals surface area contributed by atoms with Gasteiger partial charge >= 0.3 is 5.97 Å². The first-order chi connectivity index (χ1) is 10.6. The molecule has 1 saturated heterocycles. The summed E-state index contributed by atoms with van der Waals surface area (Å²) in [5.74, 6) is 0.443. The number of rotatable bonds is 5. The van der Waals surface area contributed by atoms with E-state index in [2.05, 4.69) is 0 Å². The van der Waals surface area contributed by atoms with Gasteiger partial charge in [-0.05, 0) is 25.0 Å². The van der Waals surface area contributed by atoms with Gasteiger partial charge in [-0.15, -0.1) is 0 Å². The van der Waals surface area contributed by atoms with E-state index in [1.165, 1.54) is 21.3 Å². The second kappa shape index (κ2) is 7.15. The van der Waals surface area contributed by atoms with Crippen LogP contribution in [0.4, 0.5) is 0 Å². The van der Waals surface area contributed by atoms with Crippen molar-refractivity contribution < 1.29 is 23.8 Å². The first-order valence-electron chi connectivity index (χ1n) is 7.21. The van der Waals surface area contributed by atoms with Crippen molar-refractivity contribution in [2.75, 3.05) is 27.9 Å². The number of hydrogen-bond acceptors (Lipinski definition) is 5. The van der Waals surface area contributed by atoms with Crippen LogP contribution in [0.1, 0.15) is 29.6 Å². The number of esters is 1. The Morgan fingerprint density at radius 1 is 1.18 bits per heavy atom. The van der Waals surface area contributed by atoms with Gasteiger partial charge in [0.2, 0.25) is 0 Å². The fourth-order valence-corrected chi connectivity index (χ4v) is 2.80. The third kappa shape index (κ3) is 3.16. The molecule has 1 amide bonds. The molecule has 1 aliphatic heterocycles. The average molecular weight is 307 g/mol. The lowest BCUT2D eigenvalue weighted by atomic mass is 10.1. The van der Waals surface area contributed by atoms with Crippen LogP contribution in [0.3, 0.4) is 0 Å². The van der Waals surface area contributed by atoms with Gasteiger partial charge in [0.1, 0.15) is 17.1 Å². The number of hydrogen-bond donors (Lipinski definition) is 0. The maximum absolute atomic E-state index is 12.9. The molecule has 1 heterocycles. The molecule has 6 nitrogen and oxygen atoms in total. The van der Waals surface area contributed by atoms with Gasteiger partial charge in [0.25, 0.3) is 5.91 Å². The zero-order chi connectivity index (χ0) is 16.1. The number of methoxy groups -OCH3 is 3. The molecular weight excluding hydrogens is 286 g/mol. The van der Waals surface area contributed by atoms with E-state index >= 15 is 0 Å². The van der Waals surface area contributed by atoms with Gasteiger partial charge in [0, 0.05) is 12.6 Å². The summed E-state index contributed by atoms with van der Waals surface area (Å²) in [7, 11) is 4.38. The van der Waals surface area contributed by atoms with Crippen LogP contribution < -0.4 is 9.47 Å². The summed E-state index contributed by atoms with van der Waals surface area (Å²) in [6.45, 7) is 0.613. The zero-order valence-electron chi connectivity index (χ0n) is 13.1. The van der Waals surface area contributed by atoms with Gasteiger partial charge in [-0.2, -0.15) is 0 Å². The Morgan fingerprint density at radius 3 is 2.36 bits per heavy atom. The van der Waals surface area contributed by atoms with Crippen molar-refractivity contribution in [2.24, 2.45) is 0 Å². The summed E-state index contributed by atoms with van der Waals surface area (Å²) in [6, 6.07) is 5.07. The summed E-state index contributed by atoms with van der Waals surface area (Å²) < 4.78 is 15.3. The Kier molecular flexibility index (Phi) is 5.25. The van der Waals surface area contributed by atoms with Gasteiger partial charge in [0.05, 0.1) is 27.8 Å². The topological polar surface area (TPSA) is 65.1 Å². The highest BCUT2D eigenvalue weighted by atomic mass is 16.5. The lowest BCUT2D eigenvalue weighted by Crippen LogP contribution is -2.37. The SMILES string of the molecule is COC(=O)CC1CCCN1C(=O)c1c(OC)cccc1OC. The number of carbonyl (C=O) groups is 2. The van der Waals surface area contributed by atoms with Crippen LogP contribution in [0.5, 0.6) is 11.5 Å². The second-order valence-corrected chi connectivity index (χ2v) is 5.11. The van der Waals surface area contributed by atoms with Gasteiger partial charge in [-0.25, -0.2) is 0 Å². The number of carbonyl (C=O) groups excluding carboxylic acids is 2. The molecule has 1 aliphatic rings. The maximum Gasteiger partial charge on any atom is 0.307 e. The van der Waals surface area contributed by atoms with E-state index in [-0.39, 0.29) is 24.3 Å². The molecule has 0 aromatic heterocycles. The molecule has 1 aromatic carbocycles. The summed E-state index contributed by atoms with van der Waals surface area (Å²) in [4.78, 5) is 26.1. The lowest BCUT2D eigenvalue weighted by Gasteiger charge is -2.25. The maximum atomic E-state index is 12.9. The predicted octanol–water partition coefficient (Wildman–Crippen LogP) is 1.87. The van der Waals surface area contributed by atoms with Crippen LogP contribution in [-0.4, -0.2) is 50.7 Å². The van der Waals surface area contributed by atoms with E-state index in [1.807, 2.05) is 0 Å². The lowest BCUT2D eigenvalue weighted by molar-refractivity contribution is -0.141. The molecule has 22 heavy (non-hydrogen) atoms. The summed E-state index contributed by atoms with van der Waals surface area (Å²) in [5, 5.41) is 0. The van der Waals surface area contributed by atoms with Gasteiger partial charge in [0.15, 0.2) is 0 Å². The normalized spacial score (nSPS) is 17.2. The van der Waals surface area contributed by atoms with E-state index < -0.39 is 0 Å². The van der Waals surface area contributed by atoms with Crippen LogP contribution >= 0.6 is 0 Å². The monoisotopic (exact) mass is 307 g/mol. The highest BCUT2D eigenvalue weighted by Gasteiger charge is 2.34. The fourth-order valence-electron chi connectivity index (χ4n) is 2.80. The number of ether oxygens (including phenoxy) is 3. The van der Waals surface area contributed by atoms with Crippen LogP contribution in [0.2, 0.25) is 0 Å². The zero-order valence-corrected chi connectivity index (χ0v) is 13.1. The molecule has 0 saturated carbocycles. The molecule has 6 heteroatoms. The Hall–Kier alpha value is -2.24. The molecule has 1 unspecified atom stereocenters. The number of benzene rings is 1. The molecule has 1 atom stereocenters. The third-order valence-electron chi connectivity index (χ3n) is 3.91. The van der Waals surface area contributed by atoms with Crippen LogP contribution in [0.15, 0.2) is 18.2 Å². The van der Waals surface area contributed by atoms with Crippen molar-refractivity contribution in [1.29, 1.82) is 0 Å². The molecule has 2 rings (SSSR count). The first kappa shape index (κ1) is 16.1. The van der Waals surface area contributed by atoms with Crippen LogP contribution in [-0.2, 0) is 9.53 Å². The largest absolute Gasteiger partial charge is 0.496 e. The Balaban J connectivity index is 2.29. The van der Waals surface area contributed by atoms with Crippen molar-refractivity contribution in [3.63, 3.8) is 0 Å². The fraction of sp³-hybridized carbons (Fsp3) is 0.500. The third-order valence-corrected chi connectivity index (χ3v) is 3.91. The van der Waals surface area contributed by atoms with E-state index in [0.29, 0.717) is 23.6 Å². The predicted molar refractivity (Wildman–Crippen MR) is 80.2 cm³/mol. The average Bonchev–Trinajstić information content (AvgIpc) is 3.01. The quantitative estimate of drug-likeness (QED) is 0.777. The Bertz CT molecular complexity index is 535. The summed E-state index contributed by atoms with van der Waals surface area (Å²) in [6.07, 6.45) is 1.86. The molecule has 120 valence electrons. The van der Waals surface area contributed by atoms with E-state index in [4.69, 9.17) is 14.2 Å². The Labute approximate surface area is 129 Å².